The molecular weight excluding hydrogens is 369 g/mol. The number of pyridine rings is 1. The van der Waals surface area contributed by atoms with Crippen LogP contribution in [0, 0.1) is 11.7 Å². The summed E-state index contributed by atoms with van der Waals surface area (Å²) in [4.78, 5) is 16.7. The van der Waals surface area contributed by atoms with Crippen molar-refractivity contribution in [2.24, 2.45) is 11.7 Å². The summed E-state index contributed by atoms with van der Waals surface area (Å²) in [5.74, 6) is 1.43. The van der Waals surface area contributed by atoms with E-state index in [9.17, 15) is 9.18 Å². The lowest BCUT2D eigenvalue weighted by Gasteiger charge is -2.14. The highest BCUT2D eigenvalue weighted by Gasteiger charge is 2.15. The number of anilines is 1. The Balaban J connectivity index is 1.68. The topological polar surface area (TPSA) is 77.2 Å². The molecule has 1 heterocycles. The molecule has 0 aliphatic heterocycles. The summed E-state index contributed by atoms with van der Waals surface area (Å²) in [6, 6.07) is 18.1. The maximum Gasteiger partial charge on any atom is 0.242 e. The second kappa shape index (κ2) is 9.30. The Bertz CT molecular complexity index is 957. The van der Waals surface area contributed by atoms with Crippen molar-refractivity contribution in [2.75, 3.05) is 5.32 Å². The number of carbonyl (C=O) groups is 1. The monoisotopic (exact) mass is 393 g/mol. The fraction of sp³-hybridized carbons (Fsp3) is 0.217. The van der Waals surface area contributed by atoms with E-state index in [2.05, 4.69) is 10.3 Å². The van der Waals surface area contributed by atoms with Gasteiger partial charge in [0, 0.05) is 5.56 Å². The number of carbonyl (C=O) groups excluding carboxylic acids is 1. The maximum atomic E-state index is 13.0. The first-order valence-electron chi connectivity index (χ1n) is 9.48. The number of benzene rings is 2. The van der Waals surface area contributed by atoms with Gasteiger partial charge < -0.3 is 15.8 Å². The first kappa shape index (κ1) is 20.5. The molecule has 0 unspecified atom stereocenters. The fourth-order valence-electron chi connectivity index (χ4n) is 2.83. The van der Waals surface area contributed by atoms with Gasteiger partial charge in [-0.05, 0) is 73.0 Å². The molecule has 3 N–H and O–H groups in total. The van der Waals surface area contributed by atoms with E-state index in [0.29, 0.717) is 35.3 Å². The molecular formula is C23H24FN3O2. The fourth-order valence-corrected chi connectivity index (χ4v) is 2.83. The predicted octanol–water partition coefficient (Wildman–Crippen LogP) is 4.99. The number of aromatic nitrogens is 1. The van der Waals surface area contributed by atoms with Crippen LogP contribution in [0.25, 0.3) is 11.3 Å². The molecule has 3 aromatic rings. The van der Waals surface area contributed by atoms with Gasteiger partial charge in [0.25, 0.3) is 0 Å². The van der Waals surface area contributed by atoms with Gasteiger partial charge in [0.1, 0.15) is 23.1 Å². The van der Waals surface area contributed by atoms with Crippen molar-refractivity contribution in [2.45, 2.75) is 26.3 Å². The largest absolute Gasteiger partial charge is 0.457 e. The van der Waals surface area contributed by atoms with Crippen LogP contribution in [0.1, 0.15) is 20.3 Å². The highest BCUT2D eigenvalue weighted by molar-refractivity contribution is 5.94. The lowest BCUT2D eigenvalue weighted by Crippen LogP contribution is -2.36. The van der Waals surface area contributed by atoms with E-state index in [0.717, 1.165) is 5.56 Å². The lowest BCUT2D eigenvalue weighted by atomic mass is 10.0. The van der Waals surface area contributed by atoms with Crippen molar-refractivity contribution in [1.29, 1.82) is 0 Å². The highest BCUT2D eigenvalue weighted by Crippen LogP contribution is 2.25. The van der Waals surface area contributed by atoms with Gasteiger partial charge in [-0.25, -0.2) is 9.37 Å². The summed E-state index contributed by atoms with van der Waals surface area (Å²) in [5, 5.41) is 2.78. The van der Waals surface area contributed by atoms with E-state index < -0.39 is 6.04 Å². The molecule has 0 saturated heterocycles. The third kappa shape index (κ3) is 5.86. The molecule has 2 aromatic carbocycles. The normalized spacial score (nSPS) is 11.9. The Hall–Kier alpha value is -3.25. The SMILES string of the molecule is CC(C)C[C@H](N)C(=O)Nc1cccc(-c2ccc(Oc3ccc(F)cc3)cc2)n1. The third-order valence-electron chi connectivity index (χ3n) is 4.26. The summed E-state index contributed by atoms with van der Waals surface area (Å²) >= 11 is 0. The van der Waals surface area contributed by atoms with Gasteiger partial charge in [-0.15, -0.1) is 0 Å². The molecule has 150 valence electrons. The van der Waals surface area contributed by atoms with Crippen LogP contribution >= 0.6 is 0 Å². The Morgan fingerprint density at radius 1 is 1.03 bits per heavy atom. The van der Waals surface area contributed by atoms with Crippen molar-refractivity contribution in [3.63, 3.8) is 0 Å². The van der Waals surface area contributed by atoms with Gasteiger partial charge >= 0.3 is 0 Å². The van der Waals surface area contributed by atoms with Crippen LogP contribution in [0.5, 0.6) is 11.5 Å². The van der Waals surface area contributed by atoms with Gasteiger partial charge in [0.2, 0.25) is 5.91 Å². The molecule has 0 radical (unpaired) electrons. The van der Waals surface area contributed by atoms with E-state index in [-0.39, 0.29) is 11.7 Å². The molecule has 0 fully saturated rings. The van der Waals surface area contributed by atoms with E-state index >= 15 is 0 Å². The minimum absolute atomic E-state index is 0.244. The van der Waals surface area contributed by atoms with Crippen LogP contribution < -0.4 is 15.8 Å². The third-order valence-corrected chi connectivity index (χ3v) is 4.26. The molecule has 1 atom stereocenters. The number of nitrogens with two attached hydrogens (primary N) is 1. The Morgan fingerprint density at radius 3 is 2.28 bits per heavy atom. The molecule has 1 amide bonds. The first-order chi connectivity index (χ1) is 13.9. The number of nitrogens with one attached hydrogen (secondary N) is 1. The lowest BCUT2D eigenvalue weighted by molar-refractivity contribution is -0.117. The first-order valence-corrected chi connectivity index (χ1v) is 9.48. The Labute approximate surface area is 169 Å². The number of hydrogen-bond donors (Lipinski definition) is 2. The van der Waals surface area contributed by atoms with E-state index in [1.165, 1.54) is 12.1 Å². The summed E-state index contributed by atoms with van der Waals surface area (Å²) in [7, 11) is 0. The number of halogens is 1. The molecule has 0 spiro atoms. The smallest absolute Gasteiger partial charge is 0.242 e. The maximum absolute atomic E-state index is 13.0. The quantitative estimate of drug-likeness (QED) is 0.593. The predicted molar refractivity (Wildman–Crippen MR) is 112 cm³/mol. The van der Waals surface area contributed by atoms with E-state index in [1.807, 2.05) is 50.2 Å². The molecule has 1 aromatic heterocycles. The van der Waals surface area contributed by atoms with Crippen LogP contribution in [-0.2, 0) is 4.79 Å². The second-order valence-electron chi connectivity index (χ2n) is 7.21. The Morgan fingerprint density at radius 2 is 1.66 bits per heavy atom. The average molecular weight is 393 g/mol. The molecule has 5 nitrogen and oxygen atoms in total. The summed E-state index contributed by atoms with van der Waals surface area (Å²) in [6.45, 7) is 4.05. The summed E-state index contributed by atoms with van der Waals surface area (Å²) < 4.78 is 18.7. The van der Waals surface area contributed by atoms with Crippen molar-refractivity contribution in [3.05, 3.63) is 72.5 Å². The summed E-state index contributed by atoms with van der Waals surface area (Å²) in [5.41, 5.74) is 7.52. The zero-order valence-electron chi connectivity index (χ0n) is 16.4. The minimum Gasteiger partial charge on any atom is -0.457 e. The van der Waals surface area contributed by atoms with Crippen LogP contribution in [0.15, 0.2) is 66.7 Å². The standard InChI is InChI=1S/C23H24FN3O2/c1-15(2)14-20(25)23(28)27-22-5-3-4-21(26-22)16-6-10-18(11-7-16)29-19-12-8-17(24)9-13-19/h3-13,15,20H,14,25H2,1-2H3,(H,26,27,28)/t20-/m0/s1. The van der Waals surface area contributed by atoms with Crippen molar-refractivity contribution in [3.8, 4) is 22.8 Å². The zero-order valence-corrected chi connectivity index (χ0v) is 16.4. The van der Waals surface area contributed by atoms with Gasteiger partial charge in [-0.1, -0.05) is 19.9 Å². The minimum atomic E-state index is -0.566. The Kier molecular flexibility index (Phi) is 6.57. The highest BCUT2D eigenvalue weighted by atomic mass is 19.1. The molecule has 0 aliphatic carbocycles. The van der Waals surface area contributed by atoms with Crippen LogP contribution in [0.2, 0.25) is 0 Å². The van der Waals surface area contributed by atoms with Crippen molar-refractivity contribution >= 4 is 11.7 Å². The number of rotatable bonds is 7. The van der Waals surface area contributed by atoms with Gasteiger partial charge in [-0.3, -0.25) is 4.79 Å². The van der Waals surface area contributed by atoms with Gasteiger partial charge in [0.15, 0.2) is 0 Å². The van der Waals surface area contributed by atoms with Crippen molar-refractivity contribution in [1.82, 2.24) is 4.98 Å². The molecule has 6 heteroatoms. The van der Waals surface area contributed by atoms with Gasteiger partial charge in [0.05, 0.1) is 11.7 Å². The molecule has 3 rings (SSSR count). The number of ether oxygens (including phenoxy) is 1. The van der Waals surface area contributed by atoms with Crippen LogP contribution in [0.4, 0.5) is 10.2 Å². The van der Waals surface area contributed by atoms with E-state index in [1.54, 1.807) is 18.2 Å². The number of nitrogens with zero attached hydrogens (tertiary/aromatic N) is 1. The number of amides is 1. The second-order valence-corrected chi connectivity index (χ2v) is 7.21. The summed E-state index contributed by atoms with van der Waals surface area (Å²) in [6.07, 6.45) is 0.612. The van der Waals surface area contributed by atoms with Crippen LogP contribution in [0.3, 0.4) is 0 Å². The molecule has 29 heavy (non-hydrogen) atoms. The van der Waals surface area contributed by atoms with E-state index in [4.69, 9.17) is 10.5 Å². The van der Waals surface area contributed by atoms with Crippen LogP contribution in [-0.4, -0.2) is 16.9 Å². The molecule has 0 aliphatic rings. The molecule has 0 saturated carbocycles. The molecule has 0 bridgehead atoms. The zero-order chi connectivity index (χ0) is 20.8. The van der Waals surface area contributed by atoms with Gasteiger partial charge in [-0.2, -0.15) is 0 Å². The van der Waals surface area contributed by atoms with Crippen molar-refractivity contribution < 1.29 is 13.9 Å². The average Bonchev–Trinajstić information content (AvgIpc) is 2.70. The number of hydrogen-bond acceptors (Lipinski definition) is 4.